The molecule has 2 aromatic carbocycles. The van der Waals surface area contributed by atoms with Crippen molar-refractivity contribution in [3.05, 3.63) is 70.1 Å². The Bertz CT molecular complexity index is 959. The molecule has 1 aromatic heterocycles. The Balaban J connectivity index is 1.84. The number of aromatic nitrogens is 1. The lowest BCUT2D eigenvalue weighted by Crippen LogP contribution is -1.91. The van der Waals surface area contributed by atoms with Crippen molar-refractivity contribution < 1.29 is 4.74 Å². The molecule has 0 fully saturated rings. The van der Waals surface area contributed by atoms with Gasteiger partial charge in [0.15, 0.2) is 0 Å². The summed E-state index contributed by atoms with van der Waals surface area (Å²) in [6.45, 7) is 0. The summed E-state index contributed by atoms with van der Waals surface area (Å²) < 4.78 is 5.24. The summed E-state index contributed by atoms with van der Waals surface area (Å²) in [6.07, 6.45) is 1.64. The van der Waals surface area contributed by atoms with Gasteiger partial charge in [0.05, 0.1) is 12.8 Å². The van der Waals surface area contributed by atoms with Gasteiger partial charge < -0.3 is 10.1 Å². The number of methoxy groups -OCH3 is 1. The van der Waals surface area contributed by atoms with Crippen molar-refractivity contribution in [2.24, 2.45) is 0 Å². The van der Waals surface area contributed by atoms with Crippen LogP contribution in [0.25, 0.3) is 16.8 Å². The van der Waals surface area contributed by atoms with Crippen molar-refractivity contribution in [1.82, 2.24) is 4.98 Å². The van der Waals surface area contributed by atoms with E-state index in [4.69, 9.17) is 16.3 Å². The van der Waals surface area contributed by atoms with Gasteiger partial charge in [-0.3, -0.25) is 0 Å². The summed E-state index contributed by atoms with van der Waals surface area (Å²) in [4.78, 5) is 4.56. The summed E-state index contributed by atoms with van der Waals surface area (Å²) in [5.74, 6) is 0.769. The van der Waals surface area contributed by atoms with E-state index in [0.717, 1.165) is 22.7 Å². The summed E-state index contributed by atoms with van der Waals surface area (Å²) in [7, 11) is 1.63. The number of anilines is 1. The Morgan fingerprint density at radius 3 is 2.88 bits per heavy atom. The van der Waals surface area contributed by atoms with Crippen molar-refractivity contribution in [2.75, 3.05) is 12.4 Å². The summed E-state index contributed by atoms with van der Waals surface area (Å²) in [5.41, 5.74) is 3.02. The molecule has 25 heavy (non-hydrogen) atoms. The first kappa shape index (κ1) is 17.0. The largest absolute Gasteiger partial charge is 0.497 e. The van der Waals surface area contributed by atoms with Crippen LogP contribution in [0.5, 0.6) is 5.75 Å². The molecular formula is C19H14ClN3OS. The molecule has 0 saturated carbocycles. The van der Waals surface area contributed by atoms with Crippen molar-refractivity contribution in [3.63, 3.8) is 0 Å². The molecule has 4 nitrogen and oxygen atoms in total. The number of nitriles is 1. The van der Waals surface area contributed by atoms with Crippen LogP contribution in [-0.4, -0.2) is 12.1 Å². The molecule has 0 unspecified atom stereocenters. The predicted octanol–water partition coefficient (Wildman–Crippen LogP) is 5.45. The summed E-state index contributed by atoms with van der Waals surface area (Å²) >= 11 is 7.38. The Morgan fingerprint density at radius 1 is 1.28 bits per heavy atom. The van der Waals surface area contributed by atoms with E-state index in [0.29, 0.717) is 15.6 Å². The topological polar surface area (TPSA) is 57.9 Å². The number of rotatable bonds is 5. The molecule has 1 heterocycles. The van der Waals surface area contributed by atoms with E-state index in [1.807, 2.05) is 41.8 Å². The first-order valence-electron chi connectivity index (χ1n) is 7.42. The molecule has 124 valence electrons. The molecule has 6 heteroatoms. The lowest BCUT2D eigenvalue weighted by atomic mass is 10.1. The van der Waals surface area contributed by atoms with Crippen molar-refractivity contribution in [1.29, 1.82) is 5.26 Å². The zero-order chi connectivity index (χ0) is 17.6. The number of nitrogens with one attached hydrogen (secondary N) is 1. The highest BCUT2D eigenvalue weighted by molar-refractivity contribution is 7.11. The number of hydrogen-bond donors (Lipinski definition) is 1. The molecule has 0 bridgehead atoms. The molecule has 0 aliphatic heterocycles. The highest BCUT2D eigenvalue weighted by Gasteiger charge is 2.09. The van der Waals surface area contributed by atoms with E-state index >= 15 is 0 Å². The quantitative estimate of drug-likeness (QED) is 0.609. The lowest BCUT2D eigenvalue weighted by molar-refractivity contribution is 0.415. The second-order valence-electron chi connectivity index (χ2n) is 5.09. The van der Waals surface area contributed by atoms with Gasteiger partial charge in [0.2, 0.25) is 0 Å². The number of ether oxygens (including phenoxy) is 1. The Morgan fingerprint density at radius 2 is 2.12 bits per heavy atom. The minimum atomic E-state index is 0.458. The van der Waals surface area contributed by atoms with Gasteiger partial charge in [-0.2, -0.15) is 5.26 Å². The first-order valence-corrected chi connectivity index (χ1v) is 8.68. The molecule has 0 atom stereocenters. The molecular weight excluding hydrogens is 354 g/mol. The molecule has 1 N–H and O–H groups in total. The second-order valence-corrected chi connectivity index (χ2v) is 6.39. The van der Waals surface area contributed by atoms with Gasteiger partial charge in [0.1, 0.15) is 22.4 Å². The number of hydrogen-bond acceptors (Lipinski definition) is 5. The maximum atomic E-state index is 9.44. The standard InChI is InChI=1S/C19H14ClN3OS/c1-24-17-7-2-4-13(8-17)18-12-25-19(23-18)14(10-21)11-22-16-6-3-5-15(20)9-16/h2-9,11-12,22H,1H3/b14-11+. The van der Waals surface area contributed by atoms with E-state index in [9.17, 15) is 5.26 Å². The van der Waals surface area contributed by atoms with Crippen LogP contribution >= 0.6 is 22.9 Å². The number of benzene rings is 2. The molecule has 0 aliphatic rings. The van der Waals surface area contributed by atoms with Gasteiger partial charge in [0, 0.05) is 27.9 Å². The average Bonchev–Trinajstić information content (AvgIpc) is 3.12. The lowest BCUT2D eigenvalue weighted by Gasteiger charge is -2.02. The summed E-state index contributed by atoms with van der Waals surface area (Å²) in [5, 5.41) is 15.7. The molecule has 0 saturated heterocycles. The van der Waals surface area contributed by atoms with E-state index in [1.165, 1.54) is 11.3 Å². The number of allylic oxidation sites excluding steroid dienone is 1. The van der Waals surface area contributed by atoms with E-state index in [-0.39, 0.29) is 0 Å². The number of halogens is 1. The van der Waals surface area contributed by atoms with Crippen LogP contribution in [0.3, 0.4) is 0 Å². The van der Waals surface area contributed by atoms with Crippen molar-refractivity contribution in [2.45, 2.75) is 0 Å². The minimum Gasteiger partial charge on any atom is -0.497 e. The third-order valence-electron chi connectivity index (χ3n) is 3.43. The minimum absolute atomic E-state index is 0.458. The molecule has 0 aliphatic carbocycles. The first-order chi connectivity index (χ1) is 12.2. The monoisotopic (exact) mass is 367 g/mol. The zero-order valence-electron chi connectivity index (χ0n) is 13.4. The van der Waals surface area contributed by atoms with Crippen LogP contribution in [0.15, 0.2) is 60.1 Å². The van der Waals surface area contributed by atoms with E-state index in [1.54, 1.807) is 25.4 Å². The number of nitrogens with zero attached hydrogens (tertiary/aromatic N) is 2. The SMILES string of the molecule is COc1cccc(-c2csc(/C(C#N)=C/Nc3cccc(Cl)c3)n2)c1. The fourth-order valence-corrected chi connectivity index (χ4v) is 3.17. The van der Waals surface area contributed by atoms with Crippen LogP contribution in [0.2, 0.25) is 5.02 Å². The van der Waals surface area contributed by atoms with Gasteiger partial charge in [0.25, 0.3) is 0 Å². The van der Waals surface area contributed by atoms with E-state index < -0.39 is 0 Å². The van der Waals surface area contributed by atoms with Crippen LogP contribution < -0.4 is 10.1 Å². The number of thiazole rings is 1. The normalized spacial score (nSPS) is 11.0. The van der Waals surface area contributed by atoms with Crippen LogP contribution in [0.1, 0.15) is 5.01 Å². The average molecular weight is 368 g/mol. The third kappa shape index (κ3) is 4.18. The van der Waals surface area contributed by atoms with Crippen LogP contribution in [-0.2, 0) is 0 Å². The highest BCUT2D eigenvalue weighted by atomic mass is 35.5. The fourth-order valence-electron chi connectivity index (χ4n) is 2.19. The molecule has 0 radical (unpaired) electrons. The molecule has 3 aromatic rings. The van der Waals surface area contributed by atoms with Gasteiger partial charge in [-0.05, 0) is 30.3 Å². The van der Waals surface area contributed by atoms with Gasteiger partial charge in [-0.15, -0.1) is 11.3 Å². The predicted molar refractivity (Wildman–Crippen MR) is 103 cm³/mol. The van der Waals surface area contributed by atoms with Gasteiger partial charge in [-0.25, -0.2) is 4.98 Å². The summed E-state index contributed by atoms with van der Waals surface area (Å²) in [6, 6.07) is 17.1. The highest BCUT2D eigenvalue weighted by Crippen LogP contribution is 2.28. The zero-order valence-corrected chi connectivity index (χ0v) is 14.9. The maximum Gasteiger partial charge on any atom is 0.136 e. The third-order valence-corrected chi connectivity index (χ3v) is 4.54. The maximum absolute atomic E-state index is 9.44. The van der Waals surface area contributed by atoms with Crippen LogP contribution in [0.4, 0.5) is 5.69 Å². The fraction of sp³-hybridized carbons (Fsp3) is 0.0526. The van der Waals surface area contributed by atoms with Crippen molar-refractivity contribution in [3.8, 4) is 23.1 Å². The molecule has 3 rings (SSSR count). The van der Waals surface area contributed by atoms with Crippen LogP contribution in [0, 0.1) is 11.3 Å². The smallest absolute Gasteiger partial charge is 0.136 e. The Hall–Kier alpha value is -2.81. The van der Waals surface area contributed by atoms with Crippen molar-refractivity contribution >= 4 is 34.2 Å². The van der Waals surface area contributed by atoms with Gasteiger partial charge in [-0.1, -0.05) is 29.8 Å². The second kappa shape index (κ2) is 7.84. The van der Waals surface area contributed by atoms with Gasteiger partial charge >= 0.3 is 0 Å². The molecule has 0 spiro atoms. The Labute approximate surface area is 155 Å². The Kier molecular flexibility index (Phi) is 5.34. The molecule has 0 amide bonds. The van der Waals surface area contributed by atoms with E-state index in [2.05, 4.69) is 16.4 Å².